The van der Waals surface area contributed by atoms with Crippen molar-refractivity contribution < 1.29 is 23.9 Å². The van der Waals surface area contributed by atoms with E-state index in [0.29, 0.717) is 0 Å². The molecule has 7 nitrogen and oxygen atoms in total. The second-order valence-electron chi connectivity index (χ2n) is 7.29. The van der Waals surface area contributed by atoms with E-state index in [2.05, 4.69) is 6.58 Å². The number of carbonyl (C=O) groups excluding carboxylic acids is 4. The highest BCUT2D eigenvalue weighted by Crippen LogP contribution is 2.32. The Kier molecular flexibility index (Phi) is 4.95. The first-order chi connectivity index (χ1) is 14.4. The van der Waals surface area contributed by atoms with Crippen LogP contribution in [-0.2, 0) is 16.0 Å². The SMILES string of the molecule is C=CCN1C(=O)c2ccc(C(=O)OCC(=O)N3c4ccccc4C[C@@H]3C)cc2C1=O. The largest absolute Gasteiger partial charge is 0.452 e. The summed E-state index contributed by atoms with van der Waals surface area (Å²) in [5, 5.41) is 0. The summed E-state index contributed by atoms with van der Waals surface area (Å²) in [6, 6.07) is 11.8. The second kappa shape index (κ2) is 7.59. The van der Waals surface area contributed by atoms with Gasteiger partial charge in [-0.25, -0.2) is 4.79 Å². The van der Waals surface area contributed by atoms with Gasteiger partial charge in [0.2, 0.25) is 0 Å². The fourth-order valence-electron chi connectivity index (χ4n) is 3.94. The summed E-state index contributed by atoms with van der Waals surface area (Å²) < 4.78 is 5.21. The van der Waals surface area contributed by atoms with Gasteiger partial charge in [-0.05, 0) is 43.2 Å². The Hall–Kier alpha value is -3.74. The molecule has 152 valence electrons. The molecular formula is C23H20N2O5. The lowest BCUT2D eigenvalue weighted by Crippen LogP contribution is -2.38. The fraction of sp³-hybridized carbons (Fsp3) is 0.217. The molecule has 2 heterocycles. The van der Waals surface area contributed by atoms with Gasteiger partial charge in [-0.15, -0.1) is 6.58 Å². The van der Waals surface area contributed by atoms with Gasteiger partial charge in [0.1, 0.15) is 0 Å². The predicted molar refractivity (Wildman–Crippen MR) is 109 cm³/mol. The minimum atomic E-state index is -0.728. The molecule has 30 heavy (non-hydrogen) atoms. The molecule has 0 saturated carbocycles. The van der Waals surface area contributed by atoms with Gasteiger partial charge in [-0.3, -0.25) is 19.3 Å². The summed E-state index contributed by atoms with van der Waals surface area (Å²) in [5.41, 5.74) is 2.39. The maximum absolute atomic E-state index is 12.7. The summed E-state index contributed by atoms with van der Waals surface area (Å²) in [6.45, 7) is 5.16. The van der Waals surface area contributed by atoms with E-state index in [1.165, 1.54) is 24.3 Å². The van der Waals surface area contributed by atoms with Crippen LogP contribution in [0.5, 0.6) is 0 Å². The number of amides is 3. The van der Waals surface area contributed by atoms with Gasteiger partial charge in [0.25, 0.3) is 17.7 Å². The van der Waals surface area contributed by atoms with E-state index in [1.807, 2.05) is 31.2 Å². The number of carbonyl (C=O) groups is 4. The first kappa shape index (κ1) is 19.6. The standard InChI is InChI=1S/C23H20N2O5/c1-3-10-24-21(27)17-9-8-16(12-18(17)22(24)28)23(29)30-13-20(26)25-14(2)11-15-6-4-5-7-19(15)25/h3-9,12,14H,1,10-11,13H2,2H3/t14-/m0/s1. The Bertz CT molecular complexity index is 1090. The van der Waals surface area contributed by atoms with Gasteiger partial charge < -0.3 is 9.64 Å². The topological polar surface area (TPSA) is 84.0 Å². The van der Waals surface area contributed by atoms with Crippen LogP contribution in [0, 0.1) is 0 Å². The molecular weight excluding hydrogens is 384 g/mol. The average Bonchev–Trinajstić information content (AvgIpc) is 3.20. The summed E-state index contributed by atoms with van der Waals surface area (Å²) in [7, 11) is 0. The zero-order valence-electron chi connectivity index (χ0n) is 16.5. The number of para-hydroxylation sites is 1. The minimum absolute atomic E-state index is 0.0203. The number of esters is 1. The van der Waals surface area contributed by atoms with E-state index in [0.717, 1.165) is 22.6 Å². The van der Waals surface area contributed by atoms with Crippen molar-refractivity contribution >= 4 is 29.4 Å². The molecule has 0 N–H and O–H groups in total. The third kappa shape index (κ3) is 3.18. The normalized spacial score (nSPS) is 17.0. The van der Waals surface area contributed by atoms with Crippen LogP contribution < -0.4 is 4.90 Å². The molecule has 3 amide bonds. The third-order valence-electron chi connectivity index (χ3n) is 5.32. The van der Waals surface area contributed by atoms with E-state index in [-0.39, 0.29) is 35.2 Å². The van der Waals surface area contributed by atoms with Crippen LogP contribution in [-0.4, -0.2) is 47.8 Å². The first-order valence-electron chi connectivity index (χ1n) is 9.60. The molecule has 0 bridgehead atoms. The first-order valence-corrected chi connectivity index (χ1v) is 9.60. The number of ether oxygens (including phenoxy) is 1. The van der Waals surface area contributed by atoms with E-state index >= 15 is 0 Å². The lowest BCUT2D eigenvalue weighted by atomic mass is 10.1. The molecule has 0 unspecified atom stereocenters. The second-order valence-corrected chi connectivity index (χ2v) is 7.29. The van der Waals surface area contributed by atoms with Crippen LogP contribution in [0.1, 0.15) is 43.6 Å². The van der Waals surface area contributed by atoms with E-state index in [1.54, 1.807) is 4.90 Å². The number of hydrogen-bond acceptors (Lipinski definition) is 5. The summed E-state index contributed by atoms with van der Waals surface area (Å²) >= 11 is 0. The van der Waals surface area contributed by atoms with Gasteiger partial charge in [0.05, 0.1) is 16.7 Å². The molecule has 4 rings (SSSR count). The van der Waals surface area contributed by atoms with Gasteiger partial charge in [-0.2, -0.15) is 0 Å². The van der Waals surface area contributed by atoms with Crippen LogP contribution in [0.2, 0.25) is 0 Å². The maximum atomic E-state index is 12.7. The smallest absolute Gasteiger partial charge is 0.338 e. The predicted octanol–water partition coefficient (Wildman–Crippen LogP) is 2.60. The van der Waals surface area contributed by atoms with Crippen molar-refractivity contribution in [3.8, 4) is 0 Å². The third-order valence-corrected chi connectivity index (χ3v) is 5.32. The zero-order valence-corrected chi connectivity index (χ0v) is 16.5. The van der Waals surface area contributed by atoms with Gasteiger partial charge in [0, 0.05) is 18.3 Å². The van der Waals surface area contributed by atoms with Crippen molar-refractivity contribution in [3.63, 3.8) is 0 Å². The van der Waals surface area contributed by atoms with E-state index in [4.69, 9.17) is 4.74 Å². The molecule has 0 aliphatic carbocycles. The Morgan fingerprint density at radius 2 is 1.87 bits per heavy atom. The lowest BCUT2D eigenvalue weighted by Gasteiger charge is -2.22. The van der Waals surface area contributed by atoms with Crippen molar-refractivity contribution in [1.29, 1.82) is 0 Å². The fourth-order valence-corrected chi connectivity index (χ4v) is 3.94. The van der Waals surface area contributed by atoms with Crippen LogP contribution in [0.3, 0.4) is 0 Å². The van der Waals surface area contributed by atoms with Gasteiger partial charge in [0.15, 0.2) is 6.61 Å². The average molecular weight is 404 g/mol. The molecule has 0 saturated heterocycles. The number of benzene rings is 2. The molecule has 0 fully saturated rings. The number of imide groups is 1. The molecule has 2 aliphatic heterocycles. The Morgan fingerprint density at radius 1 is 1.13 bits per heavy atom. The van der Waals surface area contributed by atoms with Crippen molar-refractivity contribution in [2.75, 3.05) is 18.1 Å². The molecule has 0 radical (unpaired) electrons. The van der Waals surface area contributed by atoms with Crippen LogP contribution in [0.25, 0.3) is 0 Å². The van der Waals surface area contributed by atoms with Crippen molar-refractivity contribution in [2.24, 2.45) is 0 Å². The quantitative estimate of drug-likeness (QED) is 0.435. The number of hydrogen-bond donors (Lipinski definition) is 0. The van der Waals surface area contributed by atoms with Crippen LogP contribution in [0.15, 0.2) is 55.1 Å². The molecule has 1 atom stereocenters. The zero-order chi connectivity index (χ0) is 21.4. The lowest BCUT2D eigenvalue weighted by molar-refractivity contribution is -0.122. The molecule has 7 heteroatoms. The summed E-state index contributed by atoms with van der Waals surface area (Å²) in [6.07, 6.45) is 2.21. The Labute approximate surface area is 173 Å². The number of rotatable bonds is 5. The highest BCUT2D eigenvalue weighted by Gasteiger charge is 2.35. The molecule has 2 aromatic carbocycles. The molecule has 2 aromatic rings. The Morgan fingerprint density at radius 3 is 2.63 bits per heavy atom. The summed E-state index contributed by atoms with van der Waals surface area (Å²) in [4.78, 5) is 52.5. The maximum Gasteiger partial charge on any atom is 0.338 e. The molecule has 0 aromatic heterocycles. The Balaban J connectivity index is 1.46. The van der Waals surface area contributed by atoms with Crippen molar-refractivity contribution in [1.82, 2.24) is 4.90 Å². The number of anilines is 1. The highest BCUT2D eigenvalue weighted by atomic mass is 16.5. The molecule has 2 aliphatic rings. The van der Waals surface area contributed by atoms with E-state index in [9.17, 15) is 19.2 Å². The monoisotopic (exact) mass is 404 g/mol. The minimum Gasteiger partial charge on any atom is -0.452 e. The van der Waals surface area contributed by atoms with Gasteiger partial charge >= 0.3 is 5.97 Å². The summed E-state index contributed by atoms with van der Waals surface area (Å²) in [5.74, 6) is -1.95. The number of fused-ring (bicyclic) bond motifs is 2. The van der Waals surface area contributed by atoms with Crippen LogP contribution in [0.4, 0.5) is 5.69 Å². The number of nitrogens with zero attached hydrogens (tertiary/aromatic N) is 2. The van der Waals surface area contributed by atoms with E-state index < -0.39 is 24.4 Å². The van der Waals surface area contributed by atoms with Crippen molar-refractivity contribution in [2.45, 2.75) is 19.4 Å². The van der Waals surface area contributed by atoms with Crippen molar-refractivity contribution in [3.05, 3.63) is 77.4 Å². The van der Waals surface area contributed by atoms with Gasteiger partial charge in [-0.1, -0.05) is 24.3 Å². The highest BCUT2D eigenvalue weighted by molar-refractivity contribution is 6.22. The van der Waals surface area contributed by atoms with Crippen LogP contribution >= 0.6 is 0 Å². The molecule has 0 spiro atoms.